The Balaban J connectivity index is 1.96. The molecule has 2 rings (SSSR count). The van der Waals surface area contributed by atoms with Crippen LogP contribution in [0.4, 0.5) is 0 Å². The van der Waals surface area contributed by atoms with Gasteiger partial charge in [-0.05, 0) is 39.2 Å². The maximum atomic E-state index is 12.2. The molecule has 2 bridgehead atoms. The molecule has 6 heteroatoms. The summed E-state index contributed by atoms with van der Waals surface area (Å²) in [6.07, 6.45) is 4.40. The Labute approximate surface area is 110 Å². The molecular weight excluding hydrogens is 252 g/mol. The molecule has 2 heterocycles. The highest BCUT2D eigenvalue weighted by Crippen LogP contribution is 2.29. The average Bonchev–Trinajstić information content (AvgIpc) is 2.52. The third-order valence-corrected chi connectivity index (χ3v) is 6.24. The zero-order valence-corrected chi connectivity index (χ0v) is 11.9. The number of likely N-dealkylation sites (N-methyl/N-ethyl adjacent to an activating group) is 1. The lowest BCUT2D eigenvalue weighted by molar-refractivity contribution is 0.246. The summed E-state index contributed by atoms with van der Waals surface area (Å²) < 4.78 is 26.1. The first-order valence-corrected chi connectivity index (χ1v) is 8.46. The predicted octanol–water partition coefficient (Wildman–Crippen LogP) is 0.257. The minimum Gasteiger partial charge on any atom is -0.396 e. The molecule has 0 aromatic heterocycles. The second-order valence-electron chi connectivity index (χ2n) is 5.44. The molecule has 2 fully saturated rings. The molecule has 0 aliphatic carbocycles. The van der Waals surface area contributed by atoms with Crippen molar-refractivity contribution in [3.8, 4) is 0 Å². The SMILES string of the molecule is CN1C2CCC1CN(S(=O)(=O)CCCCO)CC2. The van der Waals surface area contributed by atoms with Gasteiger partial charge in [0.05, 0.1) is 5.75 Å². The molecule has 2 atom stereocenters. The number of rotatable bonds is 5. The van der Waals surface area contributed by atoms with E-state index >= 15 is 0 Å². The van der Waals surface area contributed by atoms with E-state index in [1.165, 1.54) is 6.42 Å². The highest BCUT2D eigenvalue weighted by Gasteiger charge is 2.37. The Hall–Kier alpha value is -0.170. The van der Waals surface area contributed by atoms with Gasteiger partial charge >= 0.3 is 0 Å². The summed E-state index contributed by atoms with van der Waals surface area (Å²) in [6, 6.07) is 0.956. The normalized spacial score (nSPS) is 30.6. The van der Waals surface area contributed by atoms with Crippen LogP contribution in [0.2, 0.25) is 0 Å². The monoisotopic (exact) mass is 276 g/mol. The maximum Gasteiger partial charge on any atom is 0.214 e. The van der Waals surface area contributed by atoms with Crippen LogP contribution in [-0.4, -0.2) is 67.3 Å². The zero-order valence-electron chi connectivity index (χ0n) is 11.1. The van der Waals surface area contributed by atoms with Crippen molar-refractivity contribution < 1.29 is 13.5 Å². The molecule has 0 saturated carbocycles. The third-order valence-electron chi connectivity index (χ3n) is 4.31. The van der Waals surface area contributed by atoms with Crippen LogP contribution in [0.5, 0.6) is 0 Å². The van der Waals surface area contributed by atoms with Crippen molar-refractivity contribution in [2.45, 2.75) is 44.2 Å². The molecule has 5 nitrogen and oxygen atoms in total. The fourth-order valence-corrected chi connectivity index (χ4v) is 4.67. The lowest BCUT2D eigenvalue weighted by Gasteiger charge is -2.25. The molecule has 2 unspecified atom stereocenters. The van der Waals surface area contributed by atoms with E-state index in [2.05, 4.69) is 11.9 Å². The van der Waals surface area contributed by atoms with E-state index < -0.39 is 10.0 Å². The summed E-state index contributed by atoms with van der Waals surface area (Å²) in [7, 11) is -1.01. The molecule has 2 aliphatic heterocycles. The van der Waals surface area contributed by atoms with Gasteiger partial charge in [0.15, 0.2) is 0 Å². The zero-order chi connectivity index (χ0) is 13.2. The Morgan fingerprint density at radius 1 is 1.17 bits per heavy atom. The summed E-state index contributed by atoms with van der Waals surface area (Å²) in [6.45, 7) is 1.38. The smallest absolute Gasteiger partial charge is 0.214 e. The van der Waals surface area contributed by atoms with Crippen LogP contribution in [0.1, 0.15) is 32.1 Å². The Bertz CT molecular complexity index is 372. The number of hydrogen-bond acceptors (Lipinski definition) is 4. The maximum absolute atomic E-state index is 12.2. The number of fused-ring (bicyclic) bond motifs is 2. The number of aliphatic hydroxyl groups excluding tert-OH is 1. The van der Waals surface area contributed by atoms with Gasteiger partial charge in [-0.3, -0.25) is 4.90 Å². The van der Waals surface area contributed by atoms with E-state index in [-0.39, 0.29) is 12.4 Å². The Morgan fingerprint density at radius 3 is 2.61 bits per heavy atom. The second kappa shape index (κ2) is 5.86. The van der Waals surface area contributed by atoms with Crippen molar-refractivity contribution in [1.29, 1.82) is 0 Å². The molecule has 2 saturated heterocycles. The summed E-state index contributed by atoms with van der Waals surface area (Å²) >= 11 is 0. The van der Waals surface area contributed by atoms with Gasteiger partial charge in [-0.25, -0.2) is 12.7 Å². The van der Waals surface area contributed by atoms with Crippen LogP contribution in [-0.2, 0) is 10.0 Å². The van der Waals surface area contributed by atoms with E-state index in [0.717, 1.165) is 12.8 Å². The van der Waals surface area contributed by atoms with E-state index in [0.29, 0.717) is 38.0 Å². The molecule has 0 spiro atoms. The number of sulfonamides is 1. The lowest BCUT2D eigenvalue weighted by Crippen LogP contribution is -2.40. The van der Waals surface area contributed by atoms with Gasteiger partial charge in [-0.2, -0.15) is 0 Å². The van der Waals surface area contributed by atoms with Gasteiger partial charge in [0, 0.05) is 31.8 Å². The second-order valence-corrected chi connectivity index (χ2v) is 7.53. The fraction of sp³-hybridized carbons (Fsp3) is 1.00. The number of aliphatic hydroxyl groups is 1. The summed E-state index contributed by atoms with van der Waals surface area (Å²) in [5.74, 6) is 0.175. The Kier molecular flexibility index (Phi) is 4.64. The number of unbranched alkanes of at least 4 members (excludes halogenated alkanes) is 1. The van der Waals surface area contributed by atoms with Crippen LogP contribution in [0, 0.1) is 0 Å². The molecule has 18 heavy (non-hydrogen) atoms. The van der Waals surface area contributed by atoms with E-state index in [1.807, 2.05) is 0 Å². The summed E-state index contributed by atoms with van der Waals surface area (Å²) in [5.41, 5.74) is 0. The largest absolute Gasteiger partial charge is 0.396 e. The molecule has 1 N–H and O–H groups in total. The lowest BCUT2D eigenvalue weighted by atomic mass is 10.1. The van der Waals surface area contributed by atoms with Gasteiger partial charge in [0.1, 0.15) is 0 Å². The number of nitrogens with zero attached hydrogens (tertiary/aromatic N) is 2. The molecule has 0 aromatic rings. The van der Waals surface area contributed by atoms with Gasteiger partial charge in [0.2, 0.25) is 10.0 Å². The van der Waals surface area contributed by atoms with Gasteiger partial charge in [-0.15, -0.1) is 0 Å². The van der Waals surface area contributed by atoms with Crippen molar-refractivity contribution >= 4 is 10.0 Å². The van der Waals surface area contributed by atoms with Crippen molar-refractivity contribution in [3.05, 3.63) is 0 Å². The molecule has 106 valence electrons. The van der Waals surface area contributed by atoms with Crippen molar-refractivity contribution in [3.63, 3.8) is 0 Å². The van der Waals surface area contributed by atoms with E-state index in [1.54, 1.807) is 4.31 Å². The highest BCUT2D eigenvalue weighted by molar-refractivity contribution is 7.89. The standard InChI is InChI=1S/C12H24N2O3S/c1-13-11-4-5-12(13)10-14(7-6-11)18(16,17)9-3-2-8-15/h11-12,15H,2-10H2,1H3. The van der Waals surface area contributed by atoms with Crippen LogP contribution >= 0.6 is 0 Å². The van der Waals surface area contributed by atoms with Crippen LogP contribution in [0.3, 0.4) is 0 Å². The molecule has 2 aliphatic rings. The highest BCUT2D eigenvalue weighted by atomic mass is 32.2. The number of hydrogen-bond donors (Lipinski definition) is 1. The van der Waals surface area contributed by atoms with Crippen LogP contribution < -0.4 is 0 Å². The predicted molar refractivity (Wildman–Crippen MR) is 70.9 cm³/mol. The molecule has 0 amide bonds. The minimum atomic E-state index is -3.13. The minimum absolute atomic E-state index is 0.0724. The van der Waals surface area contributed by atoms with Gasteiger partial charge in [0.25, 0.3) is 0 Å². The topological polar surface area (TPSA) is 60.9 Å². The fourth-order valence-electron chi connectivity index (χ4n) is 3.06. The first-order valence-electron chi connectivity index (χ1n) is 6.85. The third kappa shape index (κ3) is 3.04. The van der Waals surface area contributed by atoms with Gasteiger partial charge in [-0.1, -0.05) is 0 Å². The van der Waals surface area contributed by atoms with Crippen LogP contribution in [0.15, 0.2) is 0 Å². The average molecular weight is 276 g/mol. The first kappa shape index (κ1) is 14.2. The van der Waals surface area contributed by atoms with E-state index in [9.17, 15) is 8.42 Å². The van der Waals surface area contributed by atoms with Gasteiger partial charge < -0.3 is 5.11 Å². The molecular formula is C12H24N2O3S. The van der Waals surface area contributed by atoms with E-state index in [4.69, 9.17) is 5.11 Å². The quantitative estimate of drug-likeness (QED) is 0.732. The Morgan fingerprint density at radius 2 is 1.89 bits per heavy atom. The van der Waals surface area contributed by atoms with Crippen molar-refractivity contribution in [2.75, 3.05) is 32.5 Å². The molecule has 0 aromatic carbocycles. The van der Waals surface area contributed by atoms with Crippen LogP contribution in [0.25, 0.3) is 0 Å². The molecule has 0 radical (unpaired) electrons. The van der Waals surface area contributed by atoms with Crippen molar-refractivity contribution in [2.24, 2.45) is 0 Å². The first-order chi connectivity index (χ1) is 8.54. The summed E-state index contributed by atoms with van der Waals surface area (Å²) in [5, 5.41) is 8.72. The van der Waals surface area contributed by atoms with Crippen molar-refractivity contribution in [1.82, 2.24) is 9.21 Å². The summed E-state index contributed by atoms with van der Waals surface area (Å²) in [4.78, 5) is 2.35.